The highest BCUT2D eigenvalue weighted by Crippen LogP contribution is 2.26. The van der Waals surface area contributed by atoms with E-state index in [2.05, 4.69) is 0 Å². The zero-order chi connectivity index (χ0) is 14.4. The quantitative estimate of drug-likeness (QED) is 0.246. The first-order valence-electron chi connectivity index (χ1n) is 4.41. The zero-order valence-electron chi connectivity index (χ0n) is 8.92. The van der Waals surface area contributed by atoms with Crippen molar-refractivity contribution >= 4 is 20.2 Å². The summed E-state index contributed by atoms with van der Waals surface area (Å²) in [4.78, 5) is 9.83. The Morgan fingerprint density at radius 1 is 1.28 bits per heavy atom. The molecule has 1 aliphatic heterocycles. The van der Waals surface area contributed by atoms with Crippen LogP contribution >= 0.6 is 0 Å². The molecule has 0 aliphatic carbocycles. The van der Waals surface area contributed by atoms with Crippen molar-refractivity contribution in [1.82, 2.24) is 5.32 Å². The maximum atomic E-state index is 11.1. The maximum Gasteiger partial charge on any atom is 0.288 e. The highest BCUT2D eigenvalue weighted by atomic mass is 32.2. The third kappa shape index (κ3) is 2.67. The molecule has 0 amide bonds. The summed E-state index contributed by atoms with van der Waals surface area (Å²) >= 11 is 0. The first-order valence-corrected chi connectivity index (χ1v) is 7.42. The number of nitrogens with one attached hydrogen (secondary N) is 1. The molecule has 0 unspecified atom stereocenters. The van der Waals surface area contributed by atoms with Crippen LogP contribution in [-0.2, 0) is 20.2 Å². The van der Waals surface area contributed by atoms with Gasteiger partial charge < -0.3 is 0 Å². The molecule has 10 nitrogen and oxygen atoms in total. The van der Waals surface area contributed by atoms with Crippen molar-refractivity contribution in [1.29, 1.82) is 0 Å². The fourth-order valence-electron chi connectivity index (χ4n) is 1.47. The molecule has 12 heteroatoms. The summed E-state index contributed by atoms with van der Waals surface area (Å²) in [5, 5.41) is 8.57. The highest BCUT2D eigenvalue weighted by Gasteiger charge is 2.54. The highest BCUT2D eigenvalue weighted by molar-refractivity contribution is 7.87. The van der Waals surface area contributed by atoms with Gasteiger partial charge >= 0.3 is 0 Å². The summed E-state index contributed by atoms with van der Waals surface area (Å²) in [7, 11) is -9.64. The smallest absolute Gasteiger partial charge is 0.284 e. The molecule has 0 saturated heterocycles. The number of nitrogens with zero attached hydrogens (tertiary/aromatic N) is 1. The summed E-state index contributed by atoms with van der Waals surface area (Å²) in [6.07, 6.45) is 1.43. The predicted octanol–water partition coefficient (Wildman–Crippen LogP) is -1.39. The van der Waals surface area contributed by atoms with Crippen LogP contribution in [0.4, 0.5) is 0 Å². The second-order valence-electron chi connectivity index (χ2n) is 3.84. The summed E-state index contributed by atoms with van der Waals surface area (Å²) in [6, 6.07) is 0. The van der Waals surface area contributed by atoms with Crippen molar-refractivity contribution in [3.63, 3.8) is 0 Å². The van der Waals surface area contributed by atoms with Gasteiger partial charge in [0, 0.05) is 11.8 Å². The fraction of sp³-hybridized carbons (Fsp3) is 0.667. The Morgan fingerprint density at radius 3 is 2.11 bits per heavy atom. The van der Waals surface area contributed by atoms with E-state index in [-0.39, 0.29) is 0 Å². The second-order valence-corrected chi connectivity index (χ2v) is 6.88. The number of hydrogen-bond acceptors (Lipinski definition) is 7. The largest absolute Gasteiger partial charge is 0.288 e. The molecule has 1 rings (SSSR count). The van der Waals surface area contributed by atoms with E-state index in [1.807, 2.05) is 0 Å². The molecule has 0 radical (unpaired) electrons. The van der Waals surface area contributed by atoms with Gasteiger partial charge in [-0.1, -0.05) is 0 Å². The van der Waals surface area contributed by atoms with Crippen LogP contribution in [0.1, 0.15) is 6.92 Å². The van der Waals surface area contributed by atoms with Crippen LogP contribution in [0.5, 0.6) is 0 Å². The summed E-state index contributed by atoms with van der Waals surface area (Å²) in [5.74, 6) is 0. The SMILES string of the molecule is C[C@]1([N+](=O)[O-])C=C[C@@H](S(=O)(=O)O)N[C@@H]1S(=O)(=O)O. The molecule has 0 spiro atoms. The molecule has 104 valence electrons. The lowest BCUT2D eigenvalue weighted by Crippen LogP contribution is -2.62. The van der Waals surface area contributed by atoms with Crippen molar-refractivity contribution in [3.05, 3.63) is 22.3 Å². The van der Waals surface area contributed by atoms with E-state index in [9.17, 15) is 26.9 Å². The van der Waals surface area contributed by atoms with Crippen LogP contribution in [0.3, 0.4) is 0 Å². The molecular weight excluding hydrogens is 292 g/mol. The van der Waals surface area contributed by atoms with E-state index < -0.39 is 41.4 Å². The van der Waals surface area contributed by atoms with Crippen molar-refractivity contribution in [3.8, 4) is 0 Å². The minimum Gasteiger partial charge on any atom is -0.284 e. The Bertz CT molecular complexity index is 593. The third-order valence-corrected chi connectivity index (χ3v) is 4.61. The molecule has 0 aromatic rings. The average Bonchev–Trinajstić information content (AvgIpc) is 2.14. The predicted molar refractivity (Wildman–Crippen MR) is 58.3 cm³/mol. The van der Waals surface area contributed by atoms with E-state index in [0.29, 0.717) is 6.08 Å². The fourth-order valence-corrected chi connectivity index (χ4v) is 3.23. The zero-order valence-corrected chi connectivity index (χ0v) is 10.6. The molecule has 3 atom stereocenters. The first kappa shape index (κ1) is 15.0. The summed E-state index contributed by atoms with van der Waals surface area (Å²) in [5.41, 5.74) is -2.26. The maximum absolute atomic E-state index is 11.1. The molecule has 0 bridgehead atoms. The minimum atomic E-state index is -4.95. The van der Waals surface area contributed by atoms with Gasteiger partial charge in [-0.05, 0) is 12.2 Å². The molecule has 0 aromatic heterocycles. The van der Waals surface area contributed by atoms with Gasteiger partial charge in [0.1, 0.15) is 0 Å². The first-order chi connectivity index (χ1) is 7.89. The van der Waals surface area contributed by atoms with E-state index in [1.54, 1.807) is 5.32 Å². The third-order valence-electron chi connectivity index (χ3n) is 2.47. The van der Waals surface area contributed by atoms with Crippen LogP contribution < -0.4 is 5.32 Å². The van der Waals surface area contributed by atoms with Gasteiger partial charge in [-0.15, -0.1) is 0 Å². The van der Waals surface area contributed by atoms with Crippen LogP contribution in [0.15, 0.2) is 12.2 Å². The van der Waals surface area contributed by atoms with E-state index >= 15 is 0 Å². The molecule has 18 heavy (non-hydrogen) atoms. The Hall–Kier alpha value is -1.08. The molecule has 1 aliphatic rings. The molecule has 3 N–H and O–H groups in total. The molecule has 0 aromatic carbocycles. The Balaban J connectivity index is 3.37. The van der Waals surface area contributed by atoms with Crippen LogP contribution in [-0.4, -0.2) is 47.2 Å². The molecule has 0 saturated carbocycles. The van der Waals surface area contributed by atoms with Gasteiger partial charge in [-0.2, -0.15) is 16.8 Å². The number of nitro groups is 1. The van der Waals surface area contributed by atoms with Gasteiger partial charge in [-0.25, -0.2) is 0 Å². The number of rotatable bonds is 3. The van der Waals surface area contributed by atoms with E-state index in [4.69, 9.17) is 9.11 Å². The van der Waals surface area contributed by atoms with Gasteiger partial charge in [0.05, 0.1) is 0 Å². The molecular formula is C6H10N2O8S2. The summed E-state index contributed by atoms with van der Waals surface area (Å²) in [6.45, 7) is 0.884. The Labute approximate surface area is 102 Å². The summed E-state index contributed by atoms with van der Waals surface area (Å²) < 4.78 is 61.4. The lowest BCUT2D eigenvalue weighted by molar-refractivity contribution is -0.551. The average molecular weight is 302 g/mol. The monoisotopic (exact) mass is 302 g/mol. The van der Waals surface area contributed by atoms with Crippen molar-refractivity contribution in [2.75, 3.05) is 0 Å². The second kappa shape index (κ2) is 4.24. The molecule has 0 fully saturated rings. The van der Waals surface area contributed by atoms with Crippen molar-refractivity contribution in [2.24, 2.45) is 0 Å². The van der Waals surface area contributed by atoms with E-state index in [1.165, 1.54) is 0 Å². The topological polar surface area (TPSA) is 164 Å². The van der Waals surface area contributed by atoms with Crippen molar-refractivity contribution < 1.29 is 30.9 Å². The Morgan fingerprint density at radius 2 is 1.78 bits per heavy atom. The Kier molecular flexibility index (Phi) is 3.53. The lowest BCUT2D eigenvalue weighted by atomic mass is 10.00. The van der Waals surface area contributed by atoms with E-state index in [0.717, 1.165) is 13.0 Å². The van der Waals surface area contributed by atoms with Crippen LogP contribution in [0.2, 0.25) is 0 Å². The molecule has 1 heterocycles. The van der Waals surface area contributed by atoms with Gasteiger partial charge in [0.2, 0.25) is 5.37 Å². The number of hydrogen-bond donors (Lipinski definition) is 3. The standard InChI is InChI=1S/C6H10N2O8S2/c1-6(8(9)10)3-2-4(17(11,12)13)7-5(6)18(14,15)16/h2-5,7H,1H3,(H,11,12,13)(H,14,15,16)/t4-,5-,6+/m1/s1. The van der Waals surface area contributed by atoms with Crippen LogP contribution in [0.25, 0.3) is 0 Å². The van der Waals surface area contributed by atoms with Crippen molar-refractivity contribution in [2.45, 2.75) is 23.2 Å². The van der Waals surface area contributed by atoms with Gasteiger partial charge in [0.15, 0.2) is 5.37 Å². The van der Waals surface area contributed by atoms with Gasteiger partial charge in [0.25, 0.3) is 25.8 Å². The normalized spacial score (nSPS) is 33.3. The van der Waals surface area contributed by atoms with Gasteiger partial charge in [-0.3, -0.25) is 24.5 Å². The lowest BCUT2D eigenvalue weighted by Gasteiger charge is -2.31. The van der Waals surface area contributed by atoms with Crippen LogP contribution in [0, 0.1) is 10.1 Å². The minimum absolute atomic E-state index is 0.695.